The van der Waals surface area contributed by atoms with Crippen LogP contribution in [-0.4, -0.2) is 66.4 Å². The van der Waals surface area contributed by atoms with Crippen LogP contribution in [0.5, 0.6) is 0 Å². The van der Waals surface area contributed by atoms with Gasteiger partial charge in [-0.25, -0.2) is 0 Å². The van der Waals surface area contributed by atoms with E-state index in [9.17, 15) is 9.59 Å². The molecule has 2 N–H and O–H groups in total. The molecule has 2 fully saturated rings. The van der Waals surface area contributed by atoms with E-state index in [-0.39, 0.29) is 23.3 Å². The lowest BCUT2D eigenvalue weighted by atomic mass is 9.87. The van der Waals surface area contributed by atoms with Gasteiger partial charge in [0, 0.05) is 37.9 Å². The third-order valence-corrected chi connectivity index (χ3v) is 5.66. The number of amides is 2. The Labute approximate surface area is 168 Å². The number of hydrogen-bond donors (Lipinski definition) is 2. The van der Waals surface area contributed by atoms with Gasteiger partial charge in [-0.15, -0.1) is 0 Å². The van der Waals surface area contributed by atoms with Crippen molar-refractivity contribution in [3.05, 3.63) is 29.8 Å². The zero-order valence-electron chi connectivity index (χ0n) is 17.6. The summed E-state index contributed by atoms with van der Waals surface area (Å²) in [4.78, 5) is 29.0. The maximum atomic E-state index is 12.4. The quantitative estimate of drug-likeness (QED) is 0.787. The van der Waals surface area contributed by atoms with Gasteiger partial charge in [-0.3, -0.25) is 19.4 Å². The van der Waals surface area contributed by atoms with Crippen LogP contribution in [-0.2, 0) is 15.0 Å². The molecule has 1 saturated carbocycles. The number of rotatable bonds is 6. The summed E-state index contributed by atoms with van der Waals surface area (Å²) in [6.07, 6.45) is 2.22. The molecule has 1 atom stereocenters. The molecule has 1 saturated heterocycles. The Morgan fingerprint density at radius 1 is 1.07 bits per heavy atom. The Balaban J connectivity index is 1.41. The highest BCUT2D eigenvalue weighted by Gasteiger charge is 2.30. The van der Waals surface area contributed by atoms with Crippen LogP contribution >= 0.6 is 0 Å². The van der Waals surface area contributed by atoms with Gasteiger partial charge in [0.05, 0.1) is 12.6 Å². The Kier molecular flexibility index (Phi) is 6.40. The first-order chi connectivity index (χ1) is 13.2. The number of hydrogen-bond acceptors (Lipinski definition) is 4. The van der Waals surface area contributed by atoms with E-state index in [2.05, 4.69) is 53.3 Å². The molecule has 0 aromatic heterocycles. The molecule has 1 aliphatic heterocycles. The SMILES string of the molecule is CC(C(=O)NC1CC1)N1CCN(CC(=O)Nc2ccc(C(C)(C)C)cc2)CC1. The second-order valence-corrected chi connectivity index (χ2v) is 9.15. The largest absolute Gasteiger partial charge is 0.352 e. The van der Waals surface area contributed by atoms with Gasteiger partial charge in [0.1, 0.15) is 0 Å². The van der Waals surface area contributed by atoms with Crippen LogP contribution in [0, 0.1) is 0 Å². The molecule has 6 heteroatoms. The summed E-state index contributed by atoms with van der Waals surface area (Å²) in [6, 6.07) is 8.38. The van der Waals surface area contributed by atoms with Crippen LogP contribution in [0.1, 0.15) is 46.1 Å². The molecular formula is C22H34N4O2. The lowest BCUT2D eigenvalue weighted by Crippen LogP contribution is -2.55. The smallest absolute Gasteiger partial charge is 0.238 e. The summed E-state index contributed by atoms with van der Waals surface area (Å²) < 4.78 is 0. The van der Waals surface area contributed by atoms with Crippen LogP contribution in [0.3, 0.4) is 0 Å². The van der Waals surface area contributed by atoms with Crippen molar-refractivity contribution < 1.29 is 9.59 Å². The third-order valence-electron chi connectivity index (χ3n) is 5.66. The third kappa shape index (κ3) is 5.79. The van der Waals surface area contributed by atoms with E-state index in [1.807, 2.05) is 19.1 Å². The van der Waals surface area contributed by atoms with E-state index in [1.165, 1.54) is 5.56 Å². The number of benzene rings is 1. The van der Waals surface area contributed by atoms with E-state index in [1.54, 1.807) is 0 Å². The molecule has 2 aliphatic rings. The molecule has 28 heavy (non-hydrogen) atoms. The van der Waals surface area contributed by atoms with Crippen molar-refractivity contribution in [2.24, 2.45) is 0 Å². The lowest BCUT2D eigenvalue weighted by Gasteiger charge is -2.37. The van der Waals surface area contributed by atoms with Crippen molar-refractivity contribution in [2.45, 2.75) is 58.0 Å². The zero-order valence-corrected chi connectivity index (χ0v) is 17.6. The average Bonchev–Trinajstić information content (AvgIpc) is 3.45. The van der Waals surface area contributed by atoms with Crippen molar-refractivity contribution in [3.63, 3.8) is 0 Å². The molecular weight excluding hydrogens is 352 g/mol. The topological polar surface area (TPSA) is 64.7 Å². The molecule has 154 valence electrons. The summed E-state index contributed by atoms with van der Waals surface area (Å²) in [5.41, 5.74) is 2.19. The second-order valence-electron chi connectivity index (χ2n) is 9.15. The normalized spacial score (nSPS) is 19.9. The maximum Gasteiger partial charge on any atom is 0.238 e. The molecule has 1 aromatic rings. The lowest BCUT2D eigenvalue weighted by molar-refractivity contribution is -0.127. The van der Waals surface area contributed by atoms with Crippen LogP contribution < -0.4 is 10.6 Å². The minimum Gasteiger partial charge on any atom is -0.352 e. The fourth-order valence-corrected chi connectivity index (χ4v) is 3.48. The van der Waals surface area contributed by atoms with Gasteiger partial charge in [0.25, 0.3) is 0 Å². The predicted octanol–water partition coefficient (Wildman–Crippen LogP) is 2.21. The average molecular weight is 387 g/mol. The molecule has 1 aromatic carbocycles. The minimum atomic E-state index is -0.0992. The summed E-state index contributed by atoms with van der Waals surface area (Å²) in [7, 11) is 0. The minimum absolute atomic E-state index is 0.0106. The van der Waals surface area contributed by atoms with Crippen LogP contribution in [0.15, 0.2) is 24.3 Å². The zero-order chi connectivity index (χ0) is 20.3. The van der Waals surface area contributed by atoms with Crippen LogP contribution in [0.2, 0.25) is 0 Å². The van der Waals surface area contributed by atoms with Gasteiger partial charge in [-0.2, -0.15) is 0 Å². The number of piperazine rings is 1. The first-order valence-corrected chi connectivity index (χ1v) is 10.4. The van der Waals surface area contributed by atoms with Gasteiger partial charge in [0.15, 0.2) is 0 Å². The maximum absolute atomic E-state index is 12.4. The monoisotopic (exact) mass is 386 g/mol. The van der Waals surface area contributed by atoms with E-state index >= 15 is 0 Å². The van der Waals surface area contributed by atoms with Gasteiger partial charge in [0.2, 0.25) is 11.8 Å². The second kappa shape index (κ2) is 8.62. The van der Waals surface area contributed by atoms with Gasteiger partial charge < -0.3 is 10.6 Å². The highest BCUT2D eigenvalue weighted by molar-refractivity contribution is 5.92. The molecule has 6 nitrogen and oxygen atoms in total. The van der Waals surface area contributed by atoms with E-state index < -0.39 is 0 Å². The van der Waals surface area contributed by atoms with Crippen LogP contribution in [0.25, 0.3) is 0 Å². The fourth-order valence-electron chi connectivity index (χ4n) is 3.48. The van der Waals surface area contributed by atoms with Gasteiger partial charge in [-0.05, 0) is 42.9 Å². The molecule has 0 spiro atoms. The first kappa shape index (κ1) is 20.8. The highest BCUT2D eigenvalue weighted by atomic mass is 16.2. The Morgan fingerprint density at radius 3 is 2.21 bits per heavy atom. The molecule has 0 radical (unpaired) electrons. The van der Waals surface area contributed by atoms with Crippen molar-refractivity contribution in [2.75, 3.05) is 38.0 Å². The standard InChI is InChI=1S/C22H34N4O2/c1-16(21(28)24-19-9-10-19)26-13-11-25(12-14-26)15-20(27)23-18-7-5-17(6-8-18)22(2,3)4/h5-8,16,19H,9-15H2,1-4H3,(H,23,27)(H,24,28). The van der Waals surface area contributed by atoms with E-state index in [0.717, 1.165) is 44.7 Å². The molecule has 1 unspecified atom stereocenters. The summed E-state index contributed by atoms with van der Waals surface area (Å²) in [5, 5.41) is 6.07. The Morgan fingerprint density at radius 2 is 1.68 bits per heavy atom. The predicted molar refractivity (Wildman–Crippen MR) is 112 cm³/mol. The Bertz CT molecular complexity index is 683. The number of nitrogens with zero attached hydrogens (tertiary/aromatic N) is 2. The van der Waals surface area contributed by atoms with Crippen molar-refractivity contribution in [1.82, 2.24) is 15.1 Å². The van der Waals surface area contributed by atoms with Crippen molar-refractivity contribution >= 4 is 17.5 Å². The molecule has 1 heterocycles. The van der Waals surface area contributed by atoms with Crippen molar-refractivity contribution in [1.29, 1.82) is 0 Å². The summed E-state index contributed by atoms with van der Waals surface area (Å²) in [6.45, 7) is 12.1. The van der Waals surface area contributed by atoms with Crippen molar-refractivity contribution in [3.8, 4) is 0 Å². The number of carbonyl (C=O) groups is 2. The number of anilines is 1. The number of carbonyl (C=O) groups excluding carboxylic acids is 2. The van der Waals surface area contributed by atoms with Gasteiger partial charge >= 0.3 is 0 Å². The summed E-state index contributed by atoms with van der Waals surface area (Å²) >= 11 is 0. The molecule has 3 rings (SSSR count). The van der Waals surface area contributed by atoms with E-state index in [0.29, 0.717) is 12.6 Å². The van der Waals surface area contributed by atoms with Gasteiger partial charge in [-0.1, -0.05) is 32.9 Å². The summed E-state index contributed by atoms with van der Waals surface area (Å²) in [5.74, 6) is 0.142. The Hall–Kier alpha value is -1.92. The molecule has 1 aliphatic carbocycles. The number of nitrogens with one attached hydrogen (secondary N) is 2. The highest BCUT2D eigenvalue weighted by Crippen LogP contribution is 2.23. The van der Waals surface area contributed by atoms with E-state index in [4.69, 9.17) is 0 Å². The van der Waals surface area contributed by atoms with Crippen LogP contribution in [0.4, 0.5) is 5.69 Å². The molecule has 0 bridgehead atoms. The first-order valence-electron chi connectivity index (χ1n) is 10.4. The fraction of sp³-hybridized carbons (Fsp3) is 0.636. The molecule has 2 amide bonds.